The van der Waals surface area contributed by atoms with Crippen molar-refractivity contribution in [3.63, 3.8) is 0 Å². The summed E-state index contributed by atoms with van der Waals surface area (Å²) in [5.41, 5.74) is 4.69. The molecule has 0 radical (unpaired) electrons. The maximum Gasteiger partial charge on any atom is 0.269 e. The number of amides is 1. The van der Waals surface area contributed by atoms with E-state index >= 15 is 0 Å². The molecule has 0 aliphatic carbocycles. The van der Waals surface area contributed by atoms with Gasteiger partial charge < -0.3 is 10.4 Å². The largest absolute Gasteiger partial charge is 0.394 e. The number of aromatic nitrogens is 4. The van der Waals surface area contributed by atoms with Crippen molar-refractivity contribution in [3.8, 4) is 11.3 Å². The monoisotopic (exact) mass is 367 g/mol. The van der Waals surface area contributed by atoms with Crippen LogP contribution in [0.5, 0.6) is 0 Å². The summed E-state index contributed by atoms with van der Waals surface area (Å²) >= 11 is 0. The minimum absolute atomic E-state index is 0.184. The lowest BCUT2D eigenvalue weighted by Crippen LogP contribution is -2.31. The van der Waals surface area contributed by atoms with Gasteiger partial charge in [-0.25, -0.2) is 0 Å². The average Bonchev–Trinajstić information content (AvgIpc) is 3.24. The molecule has 2 aromatic heterocycles. The molecule has 3 N–H and O–H groups in total. The zero-order valence-corrected chi connectivity index (χ0v) is 16.0. The zero-order valence-electron chi connectivity index (χ0n) is 16.0. The second kappa shape index (κ2) is 7.75. The summed E-state index contributed by atoms with van der Waals surface area (Å²) in [7, 11) is 0. The molecule has 7 heteroatoms. The van der Waals surface area contributed by atoms with E-state index in [0.717, 1.165) is 22.5 Å². The van der Waals surface area contributed by atoms with Crippen LogP contribution in [0.25, 0.3) is 11.3 Å². The van der Waals surface area contributed by atoms with Gasteiger partial charge in [-0.1, -0.05) is 30.3 Å². The van der Waals surface area contributed by atoms with Crippen LogP contribution in [0.1, 0.15) is 53.4 Å². The number of carbonyl (C=O) groups is 1. The van der Waals surface area contributed by atoms with E-state index < -0.39 is 6.04 Å². The molecule has 0 spiro atoms. The number of nitrogens with one attached hydrogen (secondary N) is 2. The number of carbonyl (C=O) groups excluding carboxylic acids is 1. The number of hydrogen-bond donors (Lipinski definition) is 3. The van der Waals surface area contributed by atoms with E-state index in [0.29, 0.717) is 11.4 Å². The molecule has 0 fully saturated rings. The van der Waals surface area contributed by atoms with Crippen LogP contribution in [0.4, 0.5) is 0 Å². The van der Waals surface area contributed by atoms with Gasteiger partial charge in [-0.2, -0.15) is 10.2 Å². The number of aliphatic hydroxyl groups excluding tert-OH is 1. The van der Waals surface area contributed by atoms with E-state index in [9.17, 15) is 9.90 Å². The predicted molar refractivity (Wildman–Crippen MR) is 103 cm³/mol. The van der Waals surface area contributed by atoms with Gasteiger partial charge in [0, 0.05) is 17.3 Å². The van der Waals surface area contributed by atoms with Gasteiger partial charge in [0.25, 0.3) is 5.91 Å². The van der Waals surface area contributed by atoms with Crippen LogP contribution < -0.4 is 5.32 Å². The second-order valence-electron chi connectivity index (χ2n) is 6.87. The smallest absolute Gasteiger partial charge is 0.269 e. The molecule has 1 amide bonds. The van der Waals surface area contributed by atoms with Crippen molar-refractivity contribution in [3.05, 3.63) is 59.0 Å². The van der Waals surface area contributed by atoms with Crippen LogP contribution in [0.15, 0.2) is 36.4 Å². The Morgan fingerprint density at radius 2 is 1.96 bits per heavy atom. The van der Waals surface area contributed by atoms with Crippen molar-refractivity contribution in [2.24, 2.45) is 0 Å². The number of H-pyrrole nitrogens is 1. The van der Waals surface area contributed by atoms with Crippen LogP contribution in [0.3, 0.4) is 0 Å². The highest BCUT2D eigenvalue weighted by Gasteiger charge is 2.21. The zero-order chi connectivity index (χ0) is 19.6. The molecule has 142 valence electrons. The quantitative estimate of drug-likeness (QED) is 0.624. The molecular formula is C20H25N5O2. The molecule has 0 aliphatic heterocycles. The fraction of sp³-hybridized carbons (Fsp3) is 0.350. The number of aliphatic hydroxyl groups is 1. The standard InChI is InChI=1S/C20H25N5O2/c1-12(2)25-14(4)19(13(3)24-25)16-10-17(23-22-16)20(27)21-18(11-26)15-8-6-5-7-9-15/h5-10,12,18,26H,11H2,1-4H3,(H,21,27)(H,22,23). The first-order valence-corrected chi connectivity index (χ1v) is 9.00. The minimum Gasteiger partial charge on any atom is -0.394 e. The molecular weight excluding hydrogens is 342 g/mol. The summed E-state index contributed by atoms with van der Waals surface area (Å²) in [5, 5.41) is 24.1. The van der Waals surface area contributed by atoms with Gasteiger partial charge in [0.1, 0.15) is 5.69 Å². The molecule has 3 rings (SSSR count). The number of rotatable bonds is 6. The first-order chi connectivity index (χ1) is 12.9. The SMILES string of the molecule is Cc1nn(C(C)C)c(C)c1-c1cc(C(=O)NC(CO)c2ccccc2)[nH]n1. The molecule has 1 atom stereocenters. The van der Waals surface area contributed by atoms with Crippen molar-refractivity contribution in [1.29, 1.82) is 0 Å². The summed E-state index contributed by atoms with van der Waals surface area (Å²) in [6, 6.07) is 10.9. The Kier molecular flexibility index (Phi) is 5.41. The predicted octanol–water partition coefficient (Wildman–Crippen LogP) is 2.93. The van der Waals surface area contributed by atoms with E-state index in [1.165, 1.54) is 0 Å². The summed E-state index contributed by atoms with van der Waals surface area (Å²) < 4.78 is 1.95. The normalized spacial score (nSPS) is 12.4. The Bertz CT molecular complexity index is 927. The molecule has 1 unspecified atom stereocenters. The number of benzene rings is 1. The van der Waals surface area contributed by atoms with Gasteiger partial charge in [0.2, 0.25) is 0 Å². The Balaban J connectivity index is 1.83. The maximum atomic E-state index is 12.6. The van der Waals surface area contributed by atoms with E-state index in [4.69, 9.17) is 0 Å². The highest BCUT2D eigenvalue weighted by molar-refractivity contribution is 5.93. The number of hydrogen-bond acceptors (Lipinski definition) is 4. The topological polar surface area (TPSA) is 95.8 Å². The summed E-state index contributed by atoms with van der Waals surface area (Å²) in [4.78, 5) is 12.6. The Labute approximate surface area is 158 Å². The van der Waals surface area contributed by atoms with E-state index in [2.05, 4.69) is 34.5 Å². The maximum absolute atomic E-state index is 12.6. The van der Waals surface area contributed by atoms with Crippen molar-refractivity contribution in [1.82, 2.24) is 25.3 Å². The average molecular weight is 367 g/mol. The van der Waals surface area contributed by atoms with Crippen LogP contribution >= 0.6 is 0 Å². The van der Waals surface area contributed by atoms with Crippen molar-refractivity contribution < 1.29 is 9.90 Å². The van der Waals surface area contributed by atoms with Gasteiger partial charge in [-0.05, 0) is 39.3 Å². The molecule has 0 saturated heterocycles. The Hall–Kier alpha value is -2.93. The number of nitrogens with zero attached hydrogens (tertiary/aromatic N) is 3. The Morgan fingerprint density at radius 1 is 1.26 bits per heavy atom. The van der Waals surface area contributed by atoms with Crippen LogP contribution in [0.2, 0.25) is 0 Å². The fourth-order valence-electron chi connectivity index (χ4n) is 3.26. The van der Waals surface area contributed by atoms with Crippen LogP contribution in [0, 0.1) is 13.8 Å². The van der Waals surface area contributed by atoms with E-state index in [1.807, 2.05) is 48.9 Å². The van der Waals surface area contributed by atoms with Gasteiger partial charge >= 0.3 is 0 Å². The van der Waals surface area contributed by atoms with Crippen molar-refractivity contribution in [2.45, 2.75) is 39.8 Å². The molecule has 7 nitrogen and oxygen atoms in total. The van der Waals surface area contributed by atoms with Gasteiger partial charge in [-0.3, -0.25) is 14.6 Å². The molecule has 0 aliphatic rings. The first kappa shape index (κ1) is 18.8. The van der Waals surface area contributed by atoms with Gasteiger partial charge in [0.15, 0.2) is 0 Å². The fourth-order valence-corrected chi connectivity index (χ4v) is 3.26. The lowest BCUT2D eigenvalue weighted by atomic mass is 10.1. The van der Waals surface area contributed by atoms with Gasteiger partial charge in [-0.15, -0.1) is 0 Å². The molecule has 0 bridgehead atoms. The summed E-state index contributed by atoms with van der Waals surface area (Å²) in [5.74, 6) is -0.316. The molecule has 3 aromatic rings. The third kappa shape index (κ3) is 3.78. The van der Waals surface area contributed by atoms with Crippen molar-refractivity contribution >= 4 is 5.91 Å². The van der Waals surface area contributed by atoms with Crippen molar-refractivity contribution in [2.75, 3.05) is 6.61 Å². The third-order valence-corrected chi connectivity index (χ3v) is 4.58. The van der Waals surface area contributed by atoms with Gasteiger partial charge in [0.05, 0.1) is 24.0 Å². The third-order valence-electron chi connectivity index (χ3n) is 4.58. The minimum atomic E-state index is -0.474. The molecule has 27 heavy (non-hydrogen) atoms. The Morgan fingerprint density at radius 3 is 2.56 bits per heavy atom. The highest BCUT2D eigenvalue weighted by Crippen LogP contribution is 2.27. The molecule has 1 aromatic carbocycles. The number of aromatic amines is 1. The molecule has 0 saturated carbocycles. The van der Waals surface area contributed by atoms with E-state index in [1.54, 1.807) is 6.07 Å². The second-order valence-corrected chi connectivity index (χ2v) is 6.87. The number of aryl methyl sites for hydroxylation is 1. The molecule has 2 heterocycles. The first-order valence-electron chi connectivity index (χ1n) is 9.00. The lowest BCUT2D eigenvalue weighted by Gasteiger charge is -2.15. The highest BCUT2D eigenvalue weighted by atomic mass is 16.3. The summed E-state index contributed by atoms with van der Waals surface area (Å²) in [6.45, 7) is 7.90. The van der Waals surface area contributed by atoms with Crippen LogP contribution in [-0.4, -0.2) is 37.6 Å². The lowest BCUT2D eigenvalue weighted by molar-refractivity contribution is 0.0911. The summed E-state index contributed by atoms with van der Waals surface area (Å²) in [6.07, 6.45) is 0. The van der Waals surface area contributed by atoms with E-state index in [-0.39, 0.29) is 18.6 Å². The van der Waals surface area contributed by atoms with Crippen LogP contribution in [-0.2, 0) is 0 Å².